The maximum atomic E-state index is 12.8. The zero-order chi connectivity index (χ0) is 22.9. The molecule has 166 valence electrons. The first kappa shape index (κ1) is 21.2. The van der Waals surface area contributed by atoms with Gasteiger partial charge < -0.3 is 14.8 Å². The molecule has 1 saturated carbocycles. The molecule has 1 aliphatic carbocycles. The molecular formula is C26H21ClN2O4. The predicted octanol–water partition coefficient (Wildman–Crippen LogP) is 6.58. The second kappa shape index (κ2) is 8.71. The van der Waals surface area contributed by atoms with Crippen LogP contribution in [0.1, 0.15) is 29.6 Å². The standard InChI is InChI=1S/C26H21ClN2O4/c27-18-10-13-22-23(14-18)33-26(29-22)28-19-11-8-16(9-12-19)15-4-6-17(7-5-15)24(30)20-2-1-3-21(20)25(31)32/h4-14,20-21H,1-3H2,(H,28,29)(H,31,32). The summed E-state index contributed by atoms with van der Waals surface area (Å²) >= 11 is 5.99. The Morgan fingerprint density at radius 3 is 2.30 bits per heavy atom. The molecule has 6 nitrogen and oxygen atoms in total. The van der Waals surface area contributed by atoms with Gasteiger partial charge in [0.15, 0.2) is 11.4 Å². The number of fused-ring (bicyclic) bond motifs is 1. The zero-order valence-corrected chi connectivity index (χ0v) is 18.4. The third kappa shape index (κ3) is 4.34. The van der Waals surface area contributed by atoms with Gasteiger partial charge in [-0.2, -0.15) is 4.98 Å². The van der Waals surface area contributed by atoms with Crippen molar-refractivity contribution in [3.8, 4) is 11.1 Å². The van der Waals surface area contributed by atoms with Crippen molar-refractivity contribution in [2.24, 2.45) is 11.8 Å². The molecular weight excluding hydrogens is 440 g/mol. The van der Waals surface area contributed by atoms with Gasteiger partial charge >= 0.3 is 5.97 Å². The Kier molecular flexibility index (Phi) is 5.60. The summed E-state index contributed by atoms with van der Waals surface area (Å²) in [5, 5.41) is 13.1. The molecule has 4 aromatic rings. The van der Waals surface area contributed by atoms with E-state index in [0.29, 0.717) is 35.0 Å². The van der Waals surface area contributed by atoms with E-state index >= 15 is 0 Å². The maximum Gasteiger partial charge on any atom is 0.307 e. The van der Waals surface area contributed by atoms with E-state index in [1.807, 2.05) is 36.4 Å². The highest BCUT2D eigenvalue weighted by Gasteiger charge is 2.37. The quantitative estimate of drug-likeness (QED) is 0.316. The van der Waals surface area contributed by atoms with Crippen LogP contribution in [-0.2, 0) is 4.79 Å². The normalized spacial score (nSPS) is 17.8. The Hall–Kier alpha value is -3.64. The topological polar surface area (TPSA) is 92.4 Å². The number of carbonyl (C=O) groups is 2. The van der Waals surface area contributed by atoms with Crippen molar-refractivity contribution in [3.63, 3.8) is 0 Å². The number of anilines is 2. The number of nitrogens with one attached hydrogen (secondary N) is 1. The highest BCUT2D eigenvalue weighted by molar-refractivity contribution is 6.31. The molecule has 1 fully saturated rings. The van der Waals surface area contributed by atoms with Gasteiger partial charge in [0, 0.05) is 28.3 Å². The van der Waals surface area contributed by atoms with Gasteiger partial charge in [0.2, 0.25) is 0 Å². The van der Waals surface area contributed by atoms with Gasteiger partial charge in [0.25, 0.3) is 6.01 Å². The predicted molar refractivity (Wildman–Crippen MR) is 127 cm³/mol. The van der Waals surface area contributed by atoms with Crippen molar-refractivity contribution in [2.75, 3.05) is 5.32 Å². The number of hydrogen-bond acceptors (Lipinski definition) is 5. The molecule has 33 heavy (non-hydrogen) atoms. The van der Waals surface area contributed by atoms with Crippen molar-refractivity contribution >= 4 is 46.2 Å². The Morgan fingerprint density at radius 1 is 0.939 bits per heavy atom. The van der Waals surface area contributed by atoms with Gasteiger partial charge in [0.1, 0.15) is 5.52 Å². The Morgan fingerprint density at radius 2 is 1.61 bits per heavy atom. The first-order chi connectivity index (χ1) is 16.0. The number of nitrogens with zero attached hydrogens (tertiary/aromatic N) is 1. The number of carboxylic acids is 1. The number of aliphatic carboxylic acids is 1. The van der Waals surface area contributed by atoms with E-state index in [9.17, 15) is 14.7 Å². The lowest BCUT2D eigenvalue weighted by Crippen LogP contribution is -2.25. The summed E-state index contributed by atoms with van der Waals surface area (Å²) in [7, 11) is 0. The van der Waals surface area contributed by atoms with E-state index in [1.54, 1.807) is 30.3 Å². The lowest BCUT2D eigenvalue weighted by Gasteiger charge is -2.14. The minimum Gasteiger partial charge on any atom is -0.481 e. The molecule has 0 bridgehead atoms. The number of ketones is 1. The third-order valence-corrected chi connectivity index (χ3v) is 6.39. The minimum absolute atomic E-state index is 0.0781. The number of Topliss-reactive ketones (excluding diaryl/α,β-unsaturated/α-hetero) is 1. The highest BCUT2D eigenvalue weighted by Crippen LogP contribution is 2.35. The van der Waals surface area contributed by atoms with Gasteiger partial charge in [-0.05, 0) is 48.2 Å². The minimum atomic E-state index is -0.877. The van der Waals surface area contributed by atoms with E-state index in [0.717, 1.165) is 28.8 Å². The molecule has 0 saturated heterocycles. The third-order valence-electron chi connectivity index (χ3n) is 6.16. The smallest absolute Gasteiger partial charge is 0.307 e. The molecule has 0 radical (unpaired) electrons. The van der Waals surface area contributed by atoms with Crippen molar-refractivity contribution < 1.29 is 19.1 Å². The molecule has 7 heteroatoms. The lowest BCUT2D eigenvalue weighted by molar-refractivity contribution is -0.142. The fraction of sp³-hybridized carbons (Fsp3) is 0.192. The largest absolute Gasteiger partial charge is 0.481 e. The van der Waals surface area contributed by atoms with Crippen LogP contribution < -0.4 is 5.32 Å². The van der Waals surface area contributed by atoms with Crippen LogP contribution in [-0.4, -0.2) is 21.8 Å². The molecule has 2 unspecified atom stereocenters. The van der Waals surface area contributed by atoms with Crippen LogP contribution in [0, 0.1) is 11.8 Å². The average molecular weight is 461 g/mol. The second-order valence-electron chi connectivity index (χ2n) is 8.26. The van der Waals surface area contributed by atoms with Gasteiger partial charge in [-0.3, -0.25) is 9.59 Å². The monoisotopic (exact) mass is 460 g/mol. The molecule has 0 spiro atoms. The molecule has 2 N–H and O–H groups in total. The molecule has 5 rings (SSSR count). The number of aromatic nitrogens is 1. The number of oxazole rings is 1. The molecule has 0 aliphatic heterocycles. The molecule has 1 aromatic heterocycles. The number of carboxylic acid groups (broad SMARTS) is 1. The molecule has 0 amide bonds. The molecule has 3 aromatic carbocycles. The van der Waals surface area contributed by atoms with E-state index in [1.165, 1.54) is 0 Å². The summed E-state index contributed by atoms with van der Waals surface area (Å²) in [4.78, 5) is 28.6. The summed E-state index contributed by atoms with van der Waals surface area (Å²) < 4.78 is 5.69. The Balaban J connectivity index is 1.29. The SMILES string of the molecule is O=C(O)C1CCCC1C(=O)c1ccc(-c2ccc(Nc3nc4ccc(Cl)cc4o3)cc2)cc1. The first-order valence-electron chi connectivity index (χ1n) is 10.8. The summed E-state index contributed by atoms with van der Waals surface area (Å²) in [5.41, 5.74) is 4.68. The van der Waals surface area contributed by atoms with Crippen LogP contribution in [0.4, 0.5) is 11.7 Å². The van der Waals surface area contributed by atoms with Crippen molar-refractivity contribution in [3.05, 3.63) is 77.3 Å². The molecule has 1 heterocycles. The number of hydrogen-bond donors (Lipinski definition) is 2. The van der Waals surface area contributed by atoms with Crippen LogP contribution in [0.15, 0.2) is 71.1 Å². The Bertz CT molecular complexity index is 1330. The highest BCUT2D eigenvalue weighted by atomic mass is 35.5. The summed E-state index contributed by atoms with van der Waals surface area (Å²) in [6.07, 6.45) is 1.99. The molecule has 1 aliphatic rings. The van der Waals surface area contributed by atoms with Gasteiger partial charge in [-0.1, -0.05) is 54.4 Å². The van der Waals surface area contributed by atoms with E-state index in [-0.39, 0.29) is 5.78 Å². The molecule has 2 atom stereocenters. The number of rotatable bonds is 6. The van der Waals surface area contributed by atoms with Gasteiger partial charge in [-0.25, -0.2) is 0 Å². The van der Waals surface area contributed by atoms with Crippen LogP contribution in [0.5, 0.6) is 0 Å². The van der Waals surface area contributed by atoms with Crippen molar-refractivity contribution in [1.82, 2.24) is 4.98 Å². The second-order valence-corrected chi connectivity index (χ2v) is 8.69. The van der Waals surface area contributed by atoms with Crippen LogP contribution in [0.3, 0.4) is 0 Å². The number of halogens is 1. The van der Waals surface area contributed by atoms with Gasteiger partial charge in [-0.15, -0.1) is 0 Å². The number of carbonyl (C=O) groups excluding carboxylic acids is 1. The van der Waals surface area contributed by atoms with Crippen molar-refractivity contribution in [1.29, 1.82) is 0 Å². The maximum absolute atomic E-state index is 12.8. The fourth-order valence-electron chi connectivity index (χ4n) is 4.43. The fourth-order valence-corrected chi connectivity index (χ4v) is 4.59. The average Bonchev–Trinajstić information content (AvgIpc) is 3.46. The zero-order valence-electron chi connectivity index (χ0n) is 17.6. The van der Waals surface area contributed by atoms with Gasteiger partial charge in [0.05, 0.1) is 5.92 Å². The van der Waals surface area contributed by atoms with E-state index in [4.69, 9.17) is 16.0 Å². The summed E-state index contributed by atoms with van der Waals surface area (Å²) in [5.74, 6) is -1.96. The Labute approximate surface area is 195 Å². The van der Waals surface area contributed by atoms with E-state index in [2.05, 4.69) is 10.3 Å². The lowest BCUT2D eigenvalue weighted by atomic mass is 9.88. The van der Waals surface area contributed by atoms with E-state index < -0.39 is 17.8 Å². The van der Waals surface area contributed by atoms with Crippen LogP contribution in [0.2, 0.25) is 5.02 Å². The summed E-state index contributed by atoms with van der Waals surface area (Å²) in [6, 6.07) is 20.8. The van der Waals surface area contributed by atoms with Crippen molar-refractivity contribution in [2.45, 2.75) is 19.3 Å². The first-order valence-corrected chi connectivity index (χ1v) is 11.2. The van der Waals surface area contributed by atoms with Crippen LogP contribution in [0.25, 0.3) is 22.2 Å². The summed E-state index contributed by atoms with van der Waals surface area (Å²) in [6.45, 7) is 0. The van der Waals surface area contributed by atoms with Crippen LogP contribution >= 0.6 is 11.6 Å². The number of benzene rings is 3.